The Balaban J connectivity index is 2.18. The first-order valence-electron chi connectivity index (χ1n) is 8.61. The Kier molecular flexibility index (Phi) is 6.60. The van der Waals surface area contributed by atoms with Crippen LogP contribution in [0.4, 0.5) is 26.3 Å². The number of benzene rings is 1. The summed E-state index contributed by atoms with van der Waals surface area (Å²) in [7, 11) is 0. The summed E-state index contributed by atoms with van der Waals surface area (Å²) in [6.45, 7) is 1.37. The lowest BCUT2D eigenvalue weighted by atomic mass is 9.86. The van der Waals surface area contributed by atoms with Crippen LogP contribution in [0.15, 0.2) is 24.3 Å². The van der Waals surface area contributed by atoms with Gasteiger partial charge in [0.25, 0.3) is 0 Å². The van der Waals surface area contributed by atoms with E-state index in [2.05, 4.69) is 6.92 Å². The minimum absolute atomic E-state index is 0.0594. The molecule has 1 aromatic carbocycles. The van der Waals surface area contributed by atoms with Gasteiger partial charge in [0.2, 0.25) is 0 Å². The molecule has 0 amide bonds. The van der Waals surface area contributed by atoms with E-state index in [0.717, 1.165) is 25.0 Å². The fourth-order valence-electron chi connectivity index (χ4n) is 3.36. The third-order valence-corrected chi connectivity index (χ3v) is 4.93. The van der Waals surface area contributed by atoms with Crippen LogP contribution in [-0.4, -0.2) is 34.9 Å². The summed E-state index contributed by atoms with van der Waals surface area (Å²) in [6.07, 6.45) is -8.74. The first-order valence-corrected chi connectivity index (χ1v) is 8.61. The molecule has 0 aromatic heterocycles. The predicted octanol–water partition coefficient (Wildman–Crippen LogP) is 5.01. The topological polar surface area (TPSA) is 23.5 Å². The van der Waals surface area contributed by atoms with Crippen molar-refractivity contribution in [2.24, 2.45) is 5.92 Å². The minimum Gasteiger partial charge on any atom is -0.382 e. The summed E-state index contributed by atoms with van der Waals surface area (Å²) >= 11 is 0. The van der Waals surface area contributed by atoms with Gasteiger partial charge in [0.1, 0.15) is 0 Å². The highest BCUT2D eigenvalue weighted by Gasteiger charge is 2.40. The number of rotatable bonds is 5. The lowest BCUT2D eigenvalue weighted by molar-refractivity contribution is -0.210. The minimum atomic E-state index is -4.76. The maximum absolute atomic E-state index is 12.9. The van der Waals surface area contributed by atoms with Crippen LogP contribution in [0.2, 0.25) is 0 Å². The number of hydrogen-bond donors (Lipinski definition) is 1. The molecule has 8 heteroatoms. The number of aliphatic hydroxyl groups excluding tert-OH is 1. The summed E-state index contributed by atoms with van der Waals surface area (Å²) < 4.78 is 76.9. The fourth-order valence-corrected chi connectivity index (χ4v) is 3.36. The van der Waals surface area contributed by atoms with Crippen molar-refractivity contribution >= 4 is 0 Å². The van der Waals surface area contributed by atoms with Gasteiger partial charge in [0.15, 0.2) is 6.10 Å². The van der Waals surface area contributed by atoms with Gasteiger partial charge in [-0.2, -0.15) is 26.3 Å². The number of hydrogen-bond acceptors (Lipinski definition) is 2. The molecule has 0 saturated heterocycles. The van der Waals surface area contributed by atoms with Gasteiger partial charge in [0, 0.05) is 19.1 Å². The van der Waals surface area contributed by atoms with Gasteiger partial charge in [-0.15, -0.1) is 0 Å². The molecule has 26 heavy (non-hydrogen) atoms. The molecule has 2 nitrogen and oxygen atoms in total. The third-order valence-electron chi connectivity index (χ3n) is 4.93. The average Bonchev–Trinajstić information content (AvgIpc) is 2.53. The van der Waals surface area contributed by atoms with Gasteiger partial charge in [0.05, 0.1) is 5.56 Å². The average molecular weight is 383 g/mol. The zero-order chi connectivity index (χ0) is 19.5. The normalized spacial score (nSPS) is 23.3. The van der Waals surface area contributed by atoms with Crippen molar-refractivity contribution in [1.82, 2.24) is 4.90 Å². The lowest BCUT2D eigenvalue weighted by Crippen LogP contribution is -2.46. The molecule has 0 heterocycles. The SMILES string of the molecule is CC1CCC(N(Cc2cccc(C(F)(F)F)c2)CC(O)C(F)(F)F)CC1. The molecule has 1 atom stereocenters. The molecule has 1 aliphatic carbocycles. The van der Waals surface area contributed by atoms with E-state index in [0.29, 0.717) is 18.8 Å². The number of halogens is 6. The first kappa shape index (κ1) is 21.0. The maximum Gasteiger partial charge on any atom is 0.416 e. The van der Waals surface area contributed by atoms with Crippen LogP contribution in [-0.2, 0) is 12.7 Å². The molecular formula is C18H23F6NO. The van der Waals surface area contributed by atoms with Crippen molar-refractivity contribution in [3.63, 3.8) is 0 Å². The van der Waals surface area contributed by atoms with Crippen LogP contribution < -0.4 is 0 Å². The Morgan fingerprint density at radius 1 is 1.08 bits per heavy atom. The van der Waals surface area contributed by atoms with Gasteiger partial charge in [-0.3, -0.25) is 4.90 Å². The highest BCUT2D eigenvalue weighted by atomic mass is 19.4. The van der Waals surface area contributed by atoms with Crippen LogP contribution >= 0.6 is 0 Å². The van der Waals surface area contributed by atoms with Crippen molar-refractivity contribution in [2.45, 2.75) is 63.7 Å². The number of nitrogens with zero attached hydrogens (tertiary/aromatic N) is 1. The molecule has 1 unspecified atom stereocenters. The van der Waals surface area contributed by atoms with Crippen LogP contribution in [0.3, 0.4) is 0 Å². The summed E-state index contributed by atoms with van der Waals surface area (Å²) in [5.41, 5.74) is -0.545. The molecule has 0 bridgehead atoms. The molecule has 1 aromatic rings. The largest absolute Gasteiger partial charge is 0.416 e. The molecule has 2 rings (SSSR count). The summed E-state index contributed by atoms with van der Waals surface area (Å²) in [6, 6.07) is 4.42. The summed E-state index contributed by atoms with van der Waals surface area (Å²) in [5.74, 6) is 0.481. The zero-order valence-electron chi connectivity index (χ0n) is 14.4. The van der Waals surface area contributed by atoms with Crippen LogP contribution in [0, 0.1) is 5.92 Å². The zero-order valence-corrected chi connectivity index (χ0v) is 14.4. The van der Waals surface area contributed by atoms with Gasteiger partial charge in [-0.25, -0.2) is 0 Å². The highest BCUT2D eigenvalue weighted by Crippen LogP contribution is 2.32. The van der Waals surface area contributed by atoms with Crippen molar-refractivity contribution in [2.75, 3.05) is 6.54 Å². The van der Waals surface area contributed by atoms with Crippen molar-refractivity contribution in [1.29, 1.82) is 0 Å². The first-order chi connectivity index (χ1) is 12.0. The van der Waals surface area contributed by atoms with E-state index >= 15 is 0 Å². The van der Waals surface area contributed by atoms with Crippen LogP contribution in [0.5, 0.6) is 0 Å². The van der Waals surface area contributed by atoms with Crippen LogP contribution in [0.25, 0.3) is 0 Å². The van der Waals surface area contributed by atoms with E-state index in [1.807, 2.05) is 0 Å². The molecule has 0 radical (unpaired) electrons. The van der Waals surface area contributed by atoms with Gasteiger partial charge in [-0.05, 0) is 43.2 Å². The molecular weight excluding hydrogens is 360 g/mol. The smallest absolute Gasteiger partial charge is 0.382 e. The van der Waals surface area contributed by atoms with Gasteiger partial charge < -0.3 is 5.11 Å². The molecule has 1 aliphatic rings. The number of alkyl halides is 6. The maximum atomic E-state index is 12.9. The van der Waals surface area contributed by atoms with Crippen molar-refractivity contribution < 1.29 is 31.4 Å². The number of aliphatic hydroxyl groups is 1. The second kappa shape index (κ2) is 8.17. The molecule has 1 saturated carbocycles. The Morgan fingerprint density at radius 2 is 1.69 bits per heavy atom. The van der Waals surface area contributed by atoms with E-state index in [9.17, 15) is 31.4 Å². The standard InChI is InChI=1S/C18H23F6NO/c1-12-5-7-15(8-6-12)25(11-16(26)18(22,23)24)10-13-3-2-4-14(9-13)17(19,20)21/h2-4,9,12,15-16,26H,5-8,10-11H2,1H3. The van der Waals surface area contributed by atoms with Crippen LogP contribution in [0.1, 0.15) is 43.7 Å². The molecule has 1 N–H and O–H groups in total. The van der Waals surface area contributed by atoms with E-state index < -0.39 is 30.6 Å². The lowest BCUT2D eigenvalue weighted by Gasteiger charge is -2.37. The van der Waals surface area contributed by atoms with E-state index in [1.165, 1.54) is 17.0 Å². The van der Waals surface area contributed by atoms with Gasteiger partial charge in [-0.1, -0.05) is 25.1 Å². The van der Waals surface area contributed by atoms with Crippen molar-refractivity contribution in [3.8, 4) is 0 Å². The Bertz CT molecular complexity index is 578. The molecule has 148 valence electrons. The monoisotopic (exact) mass is 383 g/mol. The predicted molar refractivity (Wildman–Crippen MR) is 85.3 cm³/mol. The molecule has 1 fully saturated rings. The summed E-state index contributed by atoms with van der Waals surface area (Å²) in [4.78, 5) is 1.47. The molecule has 0 spiro atoms. The highest BCUT2D eigenvalue weighted by molar-refractivity contribution is 5.25. The summed E-state index contributed by atoms with van der Waals surface area (Å²) in [5, 5.41) is 9.45. The quantitative estimate of drug-likeness (QED) is 0.723. The van der Waals surface area contributed by atoms with Crippen molar-refractivity contribution in [3.05, 3.63) is 35.4 Å². The fraction of sp³-hybridized carbons (Fsp3) is 0.667. The van der Waals surface area contributed by atoms with E-state index in [-0.39, 0.29) is 18.2 Å². The van der Waals surface area contributed by atoms with E-state index in [4.69, 9.17) is 0 Å². The Hall–Kier alpha value is -1.28. The Morgan fingerprint density at radius 3 is 2.23 bits per heavy atom. The third kappa shape index (κ3) is 5.87. The second-order valence-electron chi connectivity index (χ2n) is 7.10. The molecule has 0 aliphatic heterocycles. The Labute approximate surface area is 148 Å². The van der Waals surface area contributed by atoms with Gasteiger partial charge >= 0.3 is 12.4 Å². The van der Waals surface area contributed by atoms with E-state index in [1.54, 1.807) is 0 Å². The second-order valence-corrected chi connectivity index (χ2v) is 7.10.